The largest absolute Gasteiger partial charge is 0.429 e. The van der Waals surface area contributed by atoms with Crippen molar-refractivity contribution in [1.82, 2.24) is 0 Å². The number of halogens is 3. The van der Waals surface area contributed by atoms with Crippen molar-refractivity contribution in [3.8, 4) is 11.8 Å². The van der Waals surface area contributed by atoms with E-state index >= 15 is 0 Å². The molecule has 142 valence electrons. The molecule has 0 N–H and O–H groups in total. The highest BCUT2D eigenvalue weighted by molar-refractivity contribution is 5.35. The highest BCUT2D eigenvalue weighted by atomic mass is 19.3. The Morgan fingerprint density at radius 2 is 1.74 bits per heavy atom. The Balaban J connectivity index is 1.68. The summed E-state index contributed by atoms with van der Waals surface area (Å²) in [6.45, 7) is 2.22. The quantitative estimate of drug-likeness (QED) is 0.598. The molecule has 0 heterocycles. The minimum absolute atomic E-state index is 0.0239. The molecule has 2 aromatic carbocycles. The summed E-state index contributed by atoms with van der Waals surface area (Å²) in [7, 11) is 0. The minimum Gasteiger partial charge on any atom is -0.429 e. The summed E-state index contributed by atoms with van der Waals surface area (Å²) in [5.74, 6) is 0.303. The van der Waals surface area contributed by atoms with Crippen molar-refractivity contribution in [1.29, 1.82) is 5.26 Å². The van der Waals surface area contributed by atoms with Gasteiger partial charge in [0.05, 0.1) is 11.1 Å². The van der Waals surface area contributed by atoms with Gasteiger partial charge in [-0.1, -0.05) is 25.5 Å². The van der Waals surface area contributed by atoms with E-state index in [0.717, 1.165) is 36.5 Å². The molecule has 27 heavy (non-hydrogen) atoms. The van der Waals surface area contributed by atoms with Crippen LogP contribution in [0.25, 0.3) is 0 Å². The van der Waals surface area contributed by atoms with Gasteiger partial charge < -0.3 is 4.74 Å². The van der Waals surface area contributed by atoms with E-state index in [1.807, 2.05) is 12.1 Å². The molecule has 0 unspecified atom stereocenters. The average molecular weight is 373 g/mol. The van der Waals surface area contributed by atoms with E-state index in [9.17, 15) is 13.2 Å². The number of hydrogen-bond acceptors (Lipinski definition) is 2. The van der Waals surface area contributed by atoms with Gasteiger partial charge in [-0.3, -0.25) is 0 Å². The Kier molecular flexibility index (Phi) is 5.74. The number of nitriles is 1. The SMILES string of the molecule is CCC1CCC(c2ccc(OC(F)(F)c3ccc(C#N)c(F)c3)cc2)CC1. The van der Waals surface area contributed by atoms with Crippen LogP contribution in [0.5, 0.6) is 5.75 Å². The van der Waals surface area contributed by atoms with Crippen molar-refractivity contribution < 1.29 is 17.9 Å². The van der Waals surface area contributed by atoms with Crippen LogP contribution in [-0.4, -0.2) is 0 Å². The molecular weight excluding hydrogens is 351 g/mol. The van der Waals surface area contributed by atoms with Crippen LogP contribution in [0.2, 0.25) is 0 Å². The van der Waals surface area contributed by atoms with Crippen LogP contribution in [0.1, 0.15) is 61.6 Å². The number of rotatable bonds is 5. The fourth-order valence-corrected chi connectivity index (χ4v) is 3.71. The highest BCUT2D eigenvalue weighted by Gasteiger charge is 2.35. The third-order valence-electron chi connectivity index (χ3n) is 5.45. The van der Waals surface area contributed by atoms with E-state index in [1.165, 1.54) is 31.4 Å². The molecule has 5 heteroatoms. The molecule has 2 aromatic rings. The number of ether oxygens (including phenoxy) is 1. The van der Waals surface area contributed by atoms with Gasteiger partial charge in [-0.25, -0.2) is 4.39 Å². The molecule has 0 radical (unpaired) electrons. The summed E-state index contributed by atoms with van der Waals surface area (Å²) in [6, 6.07) is 11.0. The average Bonchev–Trinajstić information content (AvgIpc) is 2.68. The fourth-order valence-electron chi connectivity index (χ4n) is 3.71. The summed E-state index contributed by atoms with van der Waals surface area (Å²) in [5, 5.41) is 8.70. The number of benzene rings is 2. The van der Waals surface area contributed by atoms with Gasteiger partial charge in [0, 0.05) is 0 Å². The first kappa shape index (κ1) is 19.3. The molecule has 3 rings (SSSR count). The van der Waals surface area contributed by atoms with Crippen molar-refractivity contribution in [3.63, 3.8) is 0 Å². The lowest BCUT2D eigenvalue weighted by molar-refractivity contribution is -0.185. The second kappa shape index (κ2) is 8.04. The number of alkyl halides is 2. The molecule has 0 saturated heterocycles. The Bertz CT molecular complexity index is 818. The second-order valence-electron chi connectivity index (χ2n) is 7.12. The molecule has 0 aromatic heterocycles. The predicted octanol–water partition coefficient (Wildman–Crippen LogP) is 6.51. The normalized spacial score (nSPS) is 20.1. The molecule has 1 aliphatic rings. The fraction of sp³-hybridized carbons (Fsp3) is 0.409. The van der Waals surface area contributed by atoms with Gasteiger partial charge in [0.15, 0.2) is 0 Å². The van der Waals surface area contributed by atoms with Gasteiger partial charge in [0.25, 0.3) is 0 Å². The first-order valence-corrected chi connectivity index (χ1v) is 9.30. The van der Waals surface area contributed by atoms with Crippen LogP contribution < -0.4 is 4.74 Å². The lowest BCUT2D eigenvalue weighted by Crippen LogP contribution is -2.22. The first-order chi connectivity index (χ1) is 12.9. The molecule has 0 atom stereocenters. The maximum atomic E-state index is 14.3. The Labute approximate surface area is 157 Å². The smallest absolute Gasteiger partial charge is 0.426 e. The van der Waals surface area contributed by atoms with Crippen LogP contribution in [-0.2, 0) is 6.11 Å². The van der Waals surface area contributed by atoms with Gasteiger partial charge in [-0.2, -0.15) is 14.0 Å². The molecule has 0 amide bonds. The predicted molar refractivity (Wildman–Crippen MR) is 97.1 cm³/mol. The lowest BCUT2D eigenvalue weighted by atomic mass is 9.78. The molecule has 1 aliphatic carbocycles. The van der Waals surface area contributed by atoms with Gasteiger partial charge >= 0.3 is 6.11 Å². The van der Waals surface area contributed by atoms with E-state index in [4.69, 9.17) is 10.00 Å². The van der Waals surface area contributed by atoms with E-state index < -0.39 is 17.5 Å². The number of nitrogens with zero attached hydrogens (tertiary/aromatic N) is 1. The molecule has 2 nitrogen and oxygen atoms in total. The summed E-state index contributed by atoms with van der Waals surface area (Å²) in [6.07, 6.45) is 2.20. The van der Waals surface area contributed by atoms with E-state index in [0.29, 0.717) is 12.0 Å². The lowest BCUT2D eigenvalue weighted by Gasteiger charge is -2.28. The van der Waals surface area contributed by atoms with Gasteiger partial charge in [-0.15, -0.1) is 0 Å². The maximum Gasteiger partial charge on any atom is 0.426 e. The Hall–Kier alpha value is -2.48. The van der Waals surface area contributed by atoms with E-state index in [2.05, 4.69) is 6.92 Å². The van der Waals surface area contributed by atoms with Crippen LogP contribution in [0.4, 0.5) is 13.2 Å². The molecule has 1 fully saturated rings. The second-order valence-corrected chi connectivity index (χ2v) is 7.12. The zero-order chi connectivity index (χ0) is 19.4. The van der Waals surface area contributed by atoms with Gasteiger partial charge in [0.2, 0.25) is 0 Å². The third-order valence-corrected chi connectivity index (χ3v) is 5.45. The van der Waals surface area contributed by atoms with Crippen molar-refractivity contribution in [3.05, 3.63) is 65.0 Å². The Morgan fingerprint density at radius 1 is 1.07 bits per heavy atom. The van der Waals surface area contributed by atoms with Crippen LogP contribution in [0.15, 0.2) is 42.5 Å². The summed E-state index contributed by atoms with van der Waals surface area (Å²) in [5.41, 5.74) is 0.238. The molecular formula is C22H22F3NO. The monoisotopic (exact) mass is 373 g/mol. The van der Waals surface area contributed by atoms with E-state index in [1.54, 1.807) is 6.07 Å². The minimum atomic E-state index is -3.68. The van der Waals surface area contributed by atoms with Crippen LogP contribution >= 0.6 is 0 Å². The van der Waals surface area contributed by atoms with Crippen molar-refractivity contribution in [2.45, 2.75) is 51.1 Å². The highest BCUT2D eigenvalue weighted by Crippen LogP contribution is 2.38. The zero-order valence-electron chi connectivity index (χ0n) is 15.2. The standard InChI is InChI=1S/C22H22F3NO/c1-2-15-3-5-16(6-4-15)17-8-11-20(12-9-17)27-22(24,25)19-10-7-18(14-26)21(23)13-19/h7-13,15-16H,2-6H2,1H3. The first-order valence-electron chi connectivity index (χ1n) is 9.30. The summed E-state index contributed by atoms with van der Waals surface area (Å²) in [4.78, 5) is 0. The number of hydrogen-bond donors (Lipinski definition) is 0. The summed E-state index contributed by atoms with van der Waals surface area (Å²) < 4.78 is 47.1. The van der Waals surface area contributed by atoms with Crippen molar-refractivity contribution in [2.75, 3.05) is 0 Å². The van der Waals surface area contributed by atoms with Gasteiger partial charge in [-0.05, 0) is 73.4 Å². The van der Waals surface area contributed by atoms with Crippen molar-refractivity contribution in [2.24, 2.45) is 5.92 Å². The topological polar surface area (TPSA) is 33.0 Å². The van der Waals surface area contributed by atoms with E-state index in [-0.39, 0.29) is 11.3 Å². The molecule has 0 aliphatic heterocycles. The van der Waals surface area contributed by atoms with Crippen molar-refractivity contribution >= 4 is 0 Å². The Morgan fingerprint density at radius 3 is 2.30 bits per heavy atom. The molecule has 0 bridgehead atoms. The van der Waals surface area contributed by atoms with Gasteiger partial charge in [0.1, 0.15) is 17.6 Å². The third kappa shape index (κ3) is 4.44. The van der Waals surface area contributed by atoms with Crippen LogP contribution in [0, 0.1) is 23.1 Å². The zero-order valence-corrected chi connectivity index (χ0v) is 15.2. The molecule has 1 saturated carbocycles. The molecule has 0 spiro atoms. The summed E-state index contributed by atoms with van der Waals surface area (Å²) >= 11 is 0. The maximum absolute atomic E-state index is 14.3. The van der Waals surface area contributed by atoms with Crippen LogP contribution in [0.3, 0.4) is 0 Å².